The molecule has 0 aliphatic heterocycles. The van der Waals surface area contributed by atoms with Gasteiger partial charge in [0.1, 0.15) is 11.6 Å². The van der Waals surface area contributed by atoms with Gasteiger partial charge in [0.2, 0.25) is 0 Å². The van der Waals surface area contributed by atoms with Crippen LogP contribution in [0, 0.1) is 12.7 Å². The first-order chi connectivity index (χ1) is 8.97. The van der Waals surface area contributed by atoms with E-state index in [-0.39, 0.29) is 5.82 Å². The van der Waals surface area contributed by atoms with Crippen molar-refractivity contribution in [3.05, 3.63) is 53.3 Å². The van der Waals surface area contributed by atoms with Crippen LogP contribution >= 0.6 is 0 Å². The van der Waals surface area contributed by atoms with E-state index < -0.39 is 0 Å². The van der Waals surface area contributed by atoms with Crippen molar-refractivity contribution in [1.29, 1.82) is 0 Å². The van der Waals surface area contributed by atoms with Crippen LogP contribution in [0.5, 0.6) is 11.5 Å². The molecule has 2 aromatic rings. The second-order valence-electron chi connectivity index (χ2n) is 4.96. The number of ether oxygens (including phenoxy) is 1. The molecule has 0 aliphatic rings. The number of hydrogen-bond acceptors (Lipinski definition) is 2. The van der Waals surface area contributed by atoms with Gasteiger partial charge in [-0.15, -0.1) is 0 Å². The van der Waals surface area contributed by atoms with Crippen LogP contribution in [0.25, 0.3) is 0 Å². The van der Waals surface area contributed by atoms with Crippen LogP contribution in [0.1, 0.15) is 30.9 Å². The van der Waals surface area contributed by atoms with E-state index in [4.69, 9.17) is 10.5 Å². The van der Waals surface area contributed by atoms with Crippen molar-refractivity contribution in [2.24, 2.45) is 0 Å². The van der Waals surface area contributed by atoms with Gasteiger partial charge in [-0.25, -0.2) is 4.39 Å². The van der Waals surface area contributed by atoms with Crippen LogP contribution in [-0.2, 0) is 0 Å². The Balaban J connectivity index is 2.34. The smallest absolute Gasteiger partial charge is 0.150 e. The second kappa shape index (κ2) is 5.31. The van der Waals surface area contributed by atoms with Crippen molar-refractivity contribution in [2.75, 3.05) is 5.73 Å². The minimum Gasteiger partial charge on any atom is -0.455 e. The third-order valence-electron chi connectivity index (χ3n) is 3.07. The zero-order valence-electron chi connectivity index (χ0n) is 11.4. The molecule has 0 atom stereocenters. The first-order valence-electron chi connectivity index (χ1n) is 6.31. The molecule has 2 nitrogen and oxygen atoms in total. The third kappa shape index (κ3) is 3.05. The maximum absolute atomic E-state index is 13.0. The van der Waals surface area contributed by atoms with Gasteiger partial charge in [0.05, 0.1) is 5.69 Å². The third-order valence-corrected chi connectivity index (χ3v) is 3.07. The molecule has 0 heterocycles. The Hall–Kier alpha value is -2.03. The Labute approximate surface area is 113 Å². The lowest BCUT2D eigenvalue weighted by Gasteiger charge is -2.13. The Kier molecular flexibility index (Phi) is 3.74. The van der Waals surface area contributed by atoms with Gasteiger partial charge in [-0.3, -0.25) is 0 Å². The fraction of sp³-hybridized carbons (Fsp3) is 0.250. The van der Waals surface area contributed by atoms with E-state index in [0.717, 1.165) is 11.3 Å². The number of nitrogen functional groups attached to an aromatic ring is 1. The first-order valence-corrected chi connectivity index (χ1v) is 6.31. The van der Waals surface area contributed by atoms with Gasteiger partial charge in [-0.1, -0.05) is 26.0 Å². The Morgan fingerprint density at radius 1 is 1.05 bits per heavy atom. The predicted octanol–water partition coefficient (Wildman–Crippen LogP) is 4.63. The lowest BCUT2D eigenvalue weighted by Crippen LogP contribution is -1.96. The summed E-state index contributed by atoms with van der Waals surface area (Å²) in [5.74, 6) is 1.29. The fourth-order valence-corrected chi connectivity index (χ4v) is 1.82. The highest BCUT2D eigenvalue weighted by molar-refractivity contribution is 5.54. The summed E-state index contributed by atoms with van der Waals surface area (Å²) in [5.41, 5.74) is 8.27. The Morgan fingerprint density at radius 2 is 1.79 bits per heavy atom. The number of benzene rings is 2. The predicted molar refractivity (Wildman–Crippen MR) is 76.2 cm³/mol. The minimum absolute atomic E-state index is 0.300. The molecule has 2 aromatic carbocycles. The van der Waals surface area contributed by atoms with Crippen molar-refractivity contribution < 1.29 is 9.13 Å². The molecule has 0 unspecified atom stereocenters. The summed E-state index contributed by atoms with van der Waals surface area (Å²) in [5, 5.41) is 0. The quantitative estimate of drug-likeness (QED) is 0.815. The van der Waals surface area contributed by atoms with Gasteiger partial charge in [0, 0.05) is 6.07 Å². The number of hydrogen-bond donors (Lipinski definition) is 1. The molecule has 0 amide bonds. The van der Waals surface area contributed by atoms with Gasteiger partial charge in [0.25, 0.3) is 0 Å². The molecule has 0 saturated carbocycles. The maximum Gasteiger partial charge on any atom is 0.150 e. The van der Waals surface area contributed by atoms with Crippen molar-refractivity contribution in [1.82, 2.24) is 0 Å². The zero-order valence-corrected chi connectivity index (χ0v) is 11.4. The molecule has 0 bridgehead atoms. The highest BCUT2D eigenvalue weighted by atomic mass is 19.1. The average molecular weight is 259 g/mol. The van der Waals surface area contributed by atoms with Crippen LogP contribution in [0.4, 0.5) is 10.1 Å². The van der Waals surface area contributed by atoms with Crippen molar-refractivity contribution in [3.8, 4) is 11.5 Å². The van der Waals surface area contributed by atoms with E-state index in [1.165, 1.54) is 17.7 Å². The summed E-state index contributed by atoms with van der Waals surface area (Å²) < 4.78 is 18.8. The summed E-state index contributed by atoms with van der Waals surface area (Å²) in [6.07, 6.45) is 0. The number of halogens is 1. The molecule has 0 saturated heterocycles. The topological polar surface area (TPSA) is 35.2 Å². The number of rotatable bonds is 3. The Morgan fingerprint density at radius 3 is 2.42 bits per heavy atom. The monoisotopic (exact) mass is 259 g/mol. The SMILES string of the molecule is Cc1ccc(C(C)C)cc1Oc1ccc(F)cc1N. The van der Waals surface area contributed by atoms with Crippen molar-refractivity contribution in [2.45, 2.75) is 26.7 Å². The maximum atomic E-state index is 13.0. The summed E-state index contributed by atoms with van der Waals surface area (Å²) in [6, 6.07) is 10.3. The molecule has 0 radical (unpaired) electrons. The zero-order chi connectivity index (χ0) is 14.0. The first kappa shape index (κ1) is 13.4. The van der Waals surface area contributed by atoms with E-state index in [2.05, 4.69) is 19.9 Å². The molecule has 0 aliphatic carbocycles. The standard InChI is InChI=1S/C16H18FNO/c1-10(2)12-5-4-11(3)16(8-12)19-15-7-6-13(17)9-14(15)18/h4-10H,18H2,1-3H3. The number of aryl methyl sites for hydroxylation is 1. The molecule has 0 fully saturated rings. The molecule has 19 heavy (non-hydrogen) atoms. The lowest BCUT2D eigenvalue weighted by atomic mass is 10.0. The van der Waals surface area contributed by atoms with Crippen LogP contribution in [0.3, 0.4) is 0 Å². The molecule has 2 N–H and O–H groups in total. The van der Waals surface area contributed by atoms with Gasteiger partial charge in [0.15, 0.2) is 5.75 Å². The highest BCUT2D eigenvalue weighted by Crippen LogP contribution is 2.32. The largest absolute Gasteiger partial charge is 0.455 e. The minimum atomic E-state index is -0.363. The normalized spacial score (nSPS) is 10.8. The summed E-state index contributed by atoms with van der Waals surface area (Å²) in [6.45, 7) is 6.22. The van der Waals surface area contributed by atoms with Gasteiger partial charge in [-0.2, -0.15) is 0 Å². The van der Waals surface area contributed by atoms with Crippen molar-refractivity contribution >= 4 is 5.69 Å². The van der Waals surface area contributed by atoms with Crippen LogP contribution in [-0.4, -0.2) is 0 Å². The summed E-state index contributed by atoms with van der Waals surface area (Å²) >= 11 is 0. The van der Waals surface area contributed by atoms with E-state index >= 15 is 0 Å². The number of anilines is 1. The second-order valence-corrected chi connectivity index (χ2v) is 4.96. The lowest BCUT2D eigenvalue weighted by molar-refractivity contribution is 0.478. The molecule has 2 rings (SSSR count). The Bertz CT molecular complexity index is 593. The van der Waals surface area contributed by atoms with Gasteiger partial charge >= 0.3 is 0 Å². The van der Waals surface area contributed by atoms with Crippen molar-refractivity contribution in [3.63, 3.8) is 0 Å². The van der Waals surface area contributed by atoms with E-state index in [0.29, 0.717) is 17.4 Å². The molecule has 100 valence electrons. The molecule has 0 spiro atoms. The van der Waals surface area contributed by atoms with Crippen LogP contribution in [0.15, 0.2) is 36.4 Å². The molecule has 0 aromatic heterocycles. The average Bonchev–Trinajstić information content (AvgIpc) is 2.34. The van der Waals surface area contributed by atoms with Gasteiger partial charge < -0.3 is 10.5 Å². The van der Waals surface area contributed by atoms with Crippen LogP contribution < -0.4 is 10.5 Å². The highest BCUT2D eigenvalue weighted by Gasteiger charge is 2.08. The molecular weight excluding hydrogens is 241 g/mol. The van der Waals surface area contributed by atoms with Gasteiger partial charge in [-0.05, 0) is 42.2 Å². The van der Waals surface area contributed by atoms with E-state index in [9.17, 15) is 4.39 Å². The van der Waals surface area contributed by atoms with Crippen LogP contribution in [0.2, 0.25) is 0 Å². The van der Waals surface area contributed by atoms with E-state index in [1.54, 1.807) is 6.07 Å². The van der Waals surface area contributed by atoms with E-state index in [1.807, 2.05) is 19.1 Å². The molecular formula is C16H18FNO. The number of nitrogens with two attached hydrogens (primary N) is 1. The molecule has 3 heteroatoms. The fourth-order valence-electron chi connectivity index (χ4n) is 1.82. The summed E-state index contributed by atoms with van der Waals surface area (Å²) in [7, 11) is 0. The summed E-state index contributed by atoms with van der Waals surface area (Å²) in [4.78, 5) is 0.